The zero-order valence-corrected chi connectivity index (χ0v) is 14.0. The number of nitro groups is 1. The highest BCUT2D eigenvalue weighted by atomic mass is 32.2. The standard InChI is InChI=1S/C15H17N3O5S/c1-16-24(21,22)12-7-8-13(14(9-12)18(19)20)17-10-11-5-3-4-6-15(11)23-2/h3-9,16-17H,10H2,1-2H3. The smallest absolute Gasteiger partial charge is 0.293 e. The van der Waals surface area contributed by atoms with Crippen LogP contribution in [0.1, 0.15) is 5.56 Å². The van der Waals surface area contributed by atoms with Crippen molar-refractivity contribution >= 4 is 21.4 Å². The predicted molar refractivity (Wildman–Crippen MR) is 89.7 cm³/mol. The molecule has 9 heteroatoms. The monoisotopic (exact) mass is 351 g/mol. The molecule has 0 fully saturated rings. The number of nitro benzene ring substituents is 1. The third-order valence-electron chi connectivity index (χ3n) is 3.41. The van der Waals surface area contributed by atoms with Gasteiger partial charge < -0.3 is 10.1 Å². The SMILES string of the molecule is CNS(=O)(=O)c1ccc(NCc2ccccc2OC)c([N+](=O)[O-])c1. The van der Waals surface area contributed by atoms with Crippen molar-refractivity contribution in [2.75, 3.05) is 19.5 Å². The summed E-state index contributed by atoms with van der Waals surface area (Å²) in [5.74, 6) is 0.655. The van der Waals surface area contributed by atoms with Crippen LogP contribution in [0.25, 0.3) is 0 Å². The fourth-order valence-electron chi connectivity index (χ4n) is 2.14. The summed E-state index contributed by atoms with van der Waals surface area (Å²) in [4.78, 5) is 10.5. The lowest BCUT2D eigenvalue weighted by molar-refractivity contribution is -0.384. The number of rotatable bonds is 7. The zero-order chi connectivity index (χ0) is 17.7. The van der Waals surface area contributed by atoms with Crippen LogP contribution in [0, 0.1) is 10.1 Å². The second-order valence-corrected chi connectivity index (χ2v) is 6.70. The van der Waals surface area contributed by atoms with Gasteiger partial charge in [0.1, 0.15) is 11.4 Å². The van der Waals surface area contributed by atoms with E-state index in [0.717, 1.165) is 11.6 Å². The highest BCUT2D eigenvalue weighted by molar-refractivity contribution is 7.89. The average molecular weight is 351 g/mol. The topological polar surface area (TPSA) is 111 Å². The number of methoxy groups -OCH3 is 1. The number of hydrogen-bond donors (Lipinski definition) is 2. The Bertz CT molecular complexity index is 852. The van der Waals surface area contributed by atoms with E-state index in [1.165, 1.54) is 19.2 Å². The third-order valence-corrected chi connectivity index (χ3v) is 4.82. The van der Waals surface area contributed by atoms with Crippen LogP contribution in [0.15, 0.2) is 47.4 Å². The molecule has 0 aliphatic carbocycles. The van der Waals surface area contributed by atoms with Crippen LogP contribution in [0.5, 0.6) is 5.75 Å². The number of ether oxygens (including phenoxy) is 1. The predicted octanol–water partition coefficient (Wildman–Crippen LogP) is 2.12. The van der Waals surface area contributed by atoms with Crippen molar-refractivity contribution in [1.29, 1.82) is 0 Å². The molecule has 0 saturated heterocycles. The largest absolute Gasteiger partial charge is 0.496 e. The van der Waals surface area contributed by atoms with Gasteiger partial charge in [-0.2, -0.15) is 0 Å². The normalized spacial score (nSPS) is 11.1. The van der Waals surface area contributed by atoms with E-state index in [1.54, 1.807) is 13.2 Å². The van der Waals surface area contributed by atoms with Gasteiger partial charge in [-0.15, -0.1) is 0 Å². The molecule has 0 atom stereocenters. The van der Waals surface area contributed by atoms with E-state index in [2.05, 4.69) is 10.0 Å². The second-order valence-electron chi connectivity index (χ2n) is 4.81. The summed E-state index contributed by atoms with van der Waals surface area (Å²) in [6, 6.07) is 11.0. The first-order valence-electron chi connectivity index (χ1n) is 6.97. The molecule has 128 valence electrons. The molecule has 0 unspecified atom stereocenters. The molecule has 0 aliphatic heterocycles. The first-order chi connectivity index (χ1) is 11.4. The van der Waals surface area contributed by atoms with Crippen LogP contribution in [-0.2, 0) is 16.6 Å². The Labute approximate surface area is 139 Å². The fraction of sp³-hybridized carbons (Fsp3) is 0.200. The number of nitrogens with one attached hydrogen (secondary N) is 2. The minimum Gasteiger partial charge on any atom is -0.496 e. The molecule has 0 aromatic heterocycles. The molecule has 0 heterocycles. The van der Waals surface area contributed by atoms with Crippen molar-refractivity contribution in [3.05, 3.63) is 58.1 Å². The Morgan fingerprint density at radius 1 is 1.21 bits per heavy atom. The van der Waals surface area contributed by atoms with Gasteiger partial charge in [-0.3, -0.25) is 10.1 Å². The molecule has 0 saturated carbocycles. The van der Waals surface area contributed by atoms with E-state index in [4.69, 9.17) is 4.74 Å². The van der Waals surface area contributed by atoms with Crippen LogP contribution in [0.4, 0.5) is 11.4 Å². The molecule has 24 heavy (non-hydrogen) atoms. The van der Waals surface area contributed by atoms with Crippen molar-refractivity contribution in [3.63, 3.8) is 0 Å². The van der Waals surface area contributed by atoms with Gasteiger partial charge in [0.2, 0.25) is 10.0 Å². The summed E-state index contributed by atoms with van der Waals surface area (Å²) in [7, 11) is -0.966. The Morgan fingerprint density at radius 3 is 2.54 bits per heavy atom. The van der Waals surface area contributed by atoms with Gasteiger partial charge in [0.15, 0.2) is 0 Å². The molecule has 0 spiro atoms. The van der Waals surface area contributed by atoms with E-state index in [0.29, 0.717) is 12.3 Å². The van der Waals surface area contributed by atoms with E-state index in [-0.39, 0.29) is 16.3 Å². The maximum Gasteiger partial charge on any atom is 0.293 e. The molecular formula is C15H17N3O5S. The number of para-hydroxylation sites is 1. The molecule has 8 nitrogen and oxygen atoms in total. The Hall–Kier alpha value is -2.65. The lowest BCUT2D eigenvalue weighted by Gasteiger charge is -2.11. The summed E-state index contributed by atoms with van der Waals surface area (Å²) in [6.07, 6.45) is 0. The zero-order valence-electron chi connectivity index (χ0n) is 13.1. The van der Waals surface area contributed by atoms with Gasteiger partial charge in [-0.05, 0) is 25.2 Å². The van der Waals surface area contributed by atoms with E-state index in [1.807, 2.05) is 18.2 Å². The van der Waals surface area contributed by atoms with Gasteiger partial charge in [0.05, 0.1) is 16.9 Å². The van der Waals surface area contributed by atoms with Crippen LogP contribution in [0.2, 0.25) is 0 Å². The van der Waals surface area contributed by atoms with Crippen LogP contribution >= 0.6 is 0 Å². The summed E-state index contributed by atoms with van der Waals surface area (Å²) >= 11 is 0. The molecule has 0 aliphatic rings. The van der Waals surface area contributed by atoms with Gasteiger partial charge in [-0.1, -0.05) is 18.2 Å². The quantitative estimate of drug-likeness (QED) is 0.584. The lowest BCUT2D eigenvalue weighted by atomic mass is 10.2. The van der Waals surface area contributed by atoms with Gasteiger partial charge in [0, 0.05) is 18.2 Å². The van der Waals surface area contributed by atoms with Crippen molar-refractivity contribution in [3.8, 4) is 5.75 Å². The lowest BCUT2D eigenvalue weighted by Crippen LogP contribution is -2.18. The summed E-state index contributed by atoms with van der Waals surface area (Å²) in [6.45, 7) is 0.295. The maximum atomic E-state index is 11.8. The van der Waals surface area contributed by atoms with Crippen LogP contribution in [0.3, 0.4) is 0 Å². The average Bonchev–Trinajstić information content (AvgIpc) is 2.59. The summed E-state index contributed by atoms with van der Waals surface area (Å²) in [5.41, 5.74) is 0.725. The Morgan fingerprint density at radius 2 is 1.92 bits per heavy atom. The summed E-state index contributed by atoms with van der Waals surface area (Å²) < 4.78 is 30.9. The molecule has 0 amide bonds. The van der Waals surface area contributed by atoms with Crippen LogP contribution < -0.4 is 14.8 Å². The second kappa shape index (κ2) is 7.28. The highest BCUT2D eigenvalue weighted by Crippen LogP contribution is 2.28. The number of benzene rings is 2. The molecule has 2 aromatic rings. The van der Waals surface area contributed by atoms with E-state index < -0.39 is 14.9 Å². The van der Waals surface area contributed by atoms with Gasteiger partial charge >= 0.3 is 0 Å². The first kappa shape index (κ1) is 17.7. The van der Waals surface area contributed by atoms with Crippen molar-refractivity contribution < 1.29 is 18.1 Å². The van der Waals surface area contributed by atoms with Gasteiger partial charge in [0.25, 0.3) is 5.69 Å². The highest BCUT2D eigenvalue weighted by Gasteiger charge is 2.20. The molecule has 0 bridgehead atoms. The minimum atomic E-state index is -3.75. The molecular weight excluding hydrogens is 334 g/mol. The fourth-order valence-corrected chi connectivity index (χ4v) is 2.89. The van der Waals surface area contributed by atoms with Crippen molar-refractivity contribution in [2.45, 2.75) is 11.4 Å². The van der Waals surface area contributed by atoms with E-state index >= 15 is 0 Å². The summed E-state index contributed by atoms with van der Waals surface area (Å²) in [5, 5.41) is 14.2. The Kier molecular flexibility index (Phi) is 5.37. The van der Waals surface area contributed by atoms with E-state index in [9.17, 15) is 18.5 Å². The Balaban J connectivity index is 2.32. The number of hydrogen-bond acceptors (Lipinski definition) is 6. The third kappa shape index (κ3) is 3.81. The number of anilines is 1. The molecule has 0 radical (unpaired) electrons. The van der Waals surface area contributed by atoms with Gasteiger partial charge in [-0.25, -0.2) is 13.1 Å². The molecule has 2 rings (SSSR count). The van der Waals surface area contributed by atoms with Crippen molar-refractivity contribution in [1.82, 2.24) is 4.72 Å². The molecule has 2 aromatic carbocycles. The molecule has 2 N–H and O–H groups in total. The van der Waals surface area contributed by atoms with Crippen LogP contribution in [-0.4, -0.2) is 27.5 Å². The van der Waals surface area contributed by atoms with Crippen molar-refractivity contribution in [2.24, 2.45) is 0 Å². The first-order valence-corrected chi connectivity index (χ1v) is 8.45. The maximum absolute atomic E-state index is 11.8. The number of sulfonamides is 1. The number of nitrogens with zero attached hydrogens (tertiary/aromatic N) is 1. The minimum absolute atomic E-state index is 0.167.